The number of benzene rings is 1. The molecular weight excluding hydrogens is 467 g/mol. The average molecular weight is 490 g/mol. The van der Waals surface area contributed by atoms with Crippen LogP contribution in [0.2, 0.25) is 0 Å². The van der Waals surface area contributed by atoms with E-state index in [0.717, 1.165) is 9.80 Å². The Bertz CT molecular complexity index is 996. The summed E-state index contributed by atoms with van der Waals surface area (Å²) in [6.45, 7) is -0.788. The molecule has 2 aliphatic rings. The summed E-state index contributed by atoms with van der Waals surface area (Å²) in [6, 6.07) is 8.02. The summed E-state index contributed by atoms with van der Waals surface area (Å²) in [5, 5.41) is 16.1. The lowest BCUT2D eigenvalue weighted by Crippen LogP contribution is -2.47. The average Bonchev–Trinajstić information content (AvgIpc) is 3.12. The van der Waals surface area contributed by atoms with Gasteiger partial charge >= 0.3 is 12.1 Å². The third-order valence-electron chi connectivity index (χ3n) is 5.43. The van der Waals surface area contributed by atoms with E-state index in [1.165, 1.54) is 12.1 Å². The molecule has 1 aromatic carbocycles. The Hall–Kier alpha value is -3.27. The molecule has 0 unspecified atom stereocenters. The van der Waals surface area contributed by atoms with Gasteiger partial charge in [0, 0.05) is 12.1 Å². The minimum Gasteiger partial charge on any atom is -0.475 e. The fraction of sp³-hybridized carbons (Fsp3) is 0.524. The Morgan fingerprint density at radius 1 is 1.21 bits per heavy atom. The van der Waals surface area contributed by atoms with Crippen molar-refractivity contribution in [2.24, 2.45) is 0 Å². The summed E-state index contributed by atoms with van der Waals surface area (Å²) in [5.74, 6) is -4.10. The van der Waals surface area contributed by atoms with Gasteiger partial charge in [0.15, 0.2) is 5.67 Å². The molecule has 3 rings (SSSR count). The molecule has 2 saturated heterocycles. The number of alkyl halides is 5. The molecule has 2 aliphatic heterocycles. The molecule has 0 aliphatic carbocycles. The van der Waals surface area contributed by atoms with Gasteiger partial charge < -0.3 is 19.8 Å². The predicted molar refractivity (Wildman–Crippen MR) is 109 cm³/mol. The molecule has 186 valence electrons. The van der Waals surface area contributed by atoms with Crippen molar-refractivity contribution in [2.45, 2.75) is 30.4 Å². The van der Waals surface area contributed by atoms with Crippen LogP contribution in [-0.2, 0) is 14.4 Å². The lowest BCUT2D eigenvalue weighted by Gasteiger charge is -2.23. The number of aliphatic carboxylic acids is 1. The van der Waals surface area contributed by atoms with Crippen LogP contribution in [-0.4, -0.2) is 90.5 Å². The molecule has 0 bridgehead atoms. The first-order chi connectivity index (χ1) is 15.6. The molecular formula is C21H23F5N4O4. The highest BCUT2D eigenvalue weighted by Gasteiger charge is 2.72. The predicted octanol–water partition coefficient (Wildman–Crippen LogP) is 2.14. The van der Waals surface area contributed by atoms with Crippen LogP contribution in [0.1, 0.15) is 18.4 Å². The number of likely N-dealkylation sites (tertiary alicyclic amines) is 1. The lowest BCUT2D eigenvalue weighted by atomic mass is 9.93. The van der Waals surface area contributed by atoms with Gasteiger partial charge in [-0.1, -0.05) is 6.07 Å². The van der Waals surface area contributed by atoms with Crippen LogP contribution in [0.3, 0.4) is 0 Å². The number of amides is 2. The Kier molecular flexibility index (Phi) is 7.87. The van der Waals surface area contributed by atoms with Crippen molar-refractivity contribution < 1.29 is 41.4 Å². The monoisotopic (exact) mass is 490 g/mol. The topological polar surface area (TPSA) is 105 Å². The first kappa shape index (κ1) is 27.0. The summed E-state index contributed by atoms with van der Waals surface area (Å²) in [4.78, 5) is 37.9. The molecule has 0 radical (unpaired) electrons. The number of hydrogen-bond donors (Lipinski definition) is 1. The smallest absolute Gasteiger partial charge is 0.475 e. The number of nitrogens with zero attached hydrogens (tertiary/aromatic N) is 4. The number of nitriles is 1. The fourth-order valence-electron chi connectivity index (χ4n) is 3.69. The summed E-state index contributed by atoms with van der Waals surface area (Å²) < 4.78 is 62.6. The van der Waals surface area contributed by atoms with Crippen molar-refractivity contribution in [3.63, 3.8) is 0 Å². The maximum Gasteiger partial charge on any atom is 0.490 e. The minimum absolute atomic E-state index is 0.187. The van der Waals surface area contributed by atoms with Crippen LogP contribution in [0.25, 0.3) is 0 Å². The standard InChI is InChI=1S/C19H22F2N4O2.C2HF3O2/c1-23(2)8-4-7-16(26)24-11-18(20)12-25(17(27)19(18,21)13-24)15-6-3-5-14(9-15)10-22;3-2(4,5)1(6)7/h3,5-6,9H,4,7-8,11-13H2,1-2H3;(H,6,7)/t18-,19+;/m0./s1. The van der Waals surface area contributed by atoms with E-state index < -0.39 is 49.0 Å². The SMILES string of the molecule is CN(C)CCCC(=O)N1C[C@]2(F)CN(c3cccc(C#N)c3)C(=O)[C@]2(F)C1.O=C(O)C(F)(F)F. The molecule has 2 atom stereocenters. The van der Waals surface area contributed by atoms with Gasteiger partial charge in [-0.2, -0.15) is 18.4 Å². The first-order valence-corrected chi connectivity index (χ1v) is 10.1. The van der Waals surface area contributed by atoms with Gasteiger partial charge in [-0.05, 0) is 45.3 Å². The normalized spacial score (nSPS) is 23.9. The Balaban J connectivity index is 0.000000509. The largest absolute Gasteiger partial charge is 0.490 e. The highest BCUT2D eigenvalue weighted by atomic mass is 19.4. The minimum atomic E-state index is -5.08. The zero-order valence-corrected chi connectivity index (χ0v) is 18.4. The molecule has 2 heterocycles. The number of halogens is 5. The zero-order valence-electron chi connectivity index (χ0n) is 18.4. The number of carboxylic acid groups (broad SMARTS) is 1. The maximum atomic E-state index is 15.4. The molecule has 2 amide bonds. The van der Waals surface area contributed by atoms with Crippen molar-refractivity contribution in [1.29, 1.82) is 5.26 Å². The van der Waals surface area contributed by atoms with Crippen molar-refractivity contribution in [3.05, 3.63) is 29.8 Å². The Morgan fingerprint density at radius 3 is 2.32 bits per heavy atom. The molecule has 0 aromatic heterocycles. The molecule has 34 heavy (non-hydrogen) atoms. The number of carboxylic acids is 1. The number of fused-ring (bicyclic) bond motifs is 1. The summed E-state index contributed by atoms with van der Waals surface area (Å²) in [6.07, 6.45) is -4.31. The molecule has 8 nitrogen and oxygen atoms in total. The van der Waals surface area contributed by atoms with Gasteiger partial charge in [-0.25, -0.2) is 13.6 Å². The highest BCUT2D eigenvalue weighted by Crippen LogP contribution is 2.47. The second-order valence-electron chi connectivity index (χ2n) is 8.28. The zero-order chi connectivity index (χ0) is 25.9. The third kappa shape index (κ3) is 5.61. The number of hydrogen-bond acceptors (Lipinski definition) is 5. The summed E-state index contributed by atoms with van der Waals surface area (Å²) in [7, 11) is 3.76. The van der Waals surface area contributed by atoms with E-state index in [0.29, 0.717) is 18.5 Å². The highest BCUT2D eigenvalue weighted by molar-refractivity contribution is 6.05. The second-order valence-corrected chi connectivity index (χ2v) is 8.28. The molecule has 0 spiro atoms. The van der Waals surface area contributed by atoms with E-state index in [1.54, 1.807) is 12.1 Å². The van der Waals surface area contributed by atoms with Gasteiger partial charge in [0.25, 0.3) is 5.91 Å². The third-order valence-corrected chi connectivity index (χ3v) is 5.43. The molecule has 1 N–H and O–H groups in total. The maximum absolute atomic E-state index is 15.4. The second kappa shape index (κ2) is 9.92. The number of carbonyl (C=O) groups is 3. The van der Waals surface area contributed by atoms with Crippen LogP contribution >= 0.6 is 0 Å². The van der Waals surface area contributed by atoms with E-state index in [-0.39, 0.29) is 18.0 Å². The van der Waals surface area contributed by atoms with E-state index >= 15 is 8.78 Å². The first-order valence-electron chi connectivity index (χ1n) is 10.1. The van der Waals surface area contributed by atoms with E-state index in [4.69, 9.17) is 15.2 Å². The number of rotatable bonds is 5. The van der Waals surface area contributed by atoms with Crippen LogP contribution in [0.15, 0.2) is 24.3 Å². The quantitative estimate of drug-likeness (QED) is 0.635. The van der Waals surface area contributed by atoms with Gasteiger partial charge in [-0.3, -0.25) is 9.59 Å². The molecule has 2 fully saturated rings. The van der Waals surface area contributed by atoms with E-state index in [2.05, 4.69) is 0 Å². The Morgan fingerprint density at radius 2 is 1.82 bits per heavy atom. The van der Waals surface area contributed by atoms with Crippen molar-refractivity contribution in [1.82, 2.24) is 9.80 Å². The Labute approximate surface area is 192 Å². The van der Waals surface area contributed by atoms with Crippen molar-refractivity contribution >= 4 is 23.5 Å². The van der Waals surface area contributed by atoms with E-state index in [9.17, 15) is 22.8 Å². The molecule has 0 saturated carbocycles. The van der Waals surface area contributed by atoms with Crippen molar-refractivity contribution in [2.75, 3.05) is 45.2 Å². The van der Waals surface area contributed by atoms with Crippen LogP contribution < -0.4 is 4.90 Å². The van der Waals surface area contributed by atoms with Crippen molar-refractivity contribution in [3.8, 4) is 6.07 Å². The summed E-state index contributed by atoms with van der Waals surface area (Å²) in [5.41, 5.74) is -4.63. The van der Waals surface area contributed by atoms with Gasteiger partial charge in [0.2, 0.25) is 11.6 Å². The molecule has 13 heteroatoms. The van der Waals surface area contributed by atoms with Crippen LogP contribution in [0, 0.1) is 11.3 Å². The lowest BCUT2D eigenvalue weighted by molar-refractivity contribution is -0.192. The molecule has 1 aromatic rings. The number of carbonyl (C=O) groups excluding carboxylic acids is 2. The van der Waals surface area contributed by atoms with Gasteiger partial charge in [0.05, 0.1) is 31.3 Å². The van der Waals surface area contributed by atoms with Crippen LogP contribution in [0.4, 0.5) is 27.6 Å². The summed E-state index contributed by atoms with van der Waals surface area (Å²) >= 11 is 0. The number of anilines is 1. The van der Waals surface area contributed by atoms with Crippen LogP contribution in [0.5, 0.6) is 0 Å². The van der Waals surface area contributed by atoms with Gasteiger partial charge in [-0.15, -0.1) is 0 Å². The van der Waals surface area contributed by atoms with Gasteiger partial charge in [0.1, 0.15) is 0 Å². The van der Waals surface area contributed by atoms with E-state index in [1.807, 2.05) is 25.1 Å². The fourth-order valence-corrected chi connectivity index (χ4v) is 3.69.